The second-order valence-corrected chi connectivity index (χ2v) is 7.09. The molecule has 0 saturated carbocycles. The van der Waals surface area contributed by atoms with Gasteiger partial charge in [-0.3, -0.25) is 0 Å². The summed E-state index contributed by atoms with van der Waals surface area (Å²) < 4.78 is 11.0. The van der Waals surface area contributed by atoms with Gasteiger partial charge in [-0.2, -0.15) is 11.8 Å². The van der Waals surface area contributed by atoms with Crippen molar-refractivity contribution in [3.63, 3.8) is 0 Å². The summed E-state index contributed by atoms with van der Waals surface area (Å²) in [5, 5.41) is 6.65. The van der Waals surface area contributed by atoms with Crippen LogP contribution in [-0.2, 0) is 6.54 Å². The van der Waals surface area contributed by atoms with Crippen molar-refractivity contribution in [1.82, 2.24) is 15.6 Å². The van der Waals surface area contributed by atoms with E-state index in [-0.39, 0.29) is 0 Å². The molecule has 0 aliphatic rings. The fourth-order valence-corrected chi connectivity index (χ4v) is 2.93. The molecule has 2 aromatic rings. The number of methoxy groups -OCH3 is 1. The Hall–Kier alpha value is -2.41. The number of rotatable bonds is 11. The van der Waals surface area contributed by atoms with Crippen LogP contribution in [0.15, 0.2) is 47.6 Å². The van der Waals surface area contributed by atoms with E-state index in [4.69, 9.17) is 9.47 Å². The first-order chi connectivity index (χ1) is 13.7. The van der Waals surface area contributed by atoms with Crippen LogP contribution >= 0.6 is 11.8 Å². The minimum absolute atomic E-state index is 0.541. The van der Waals surface area contributed by atoms with E-state index >= 15 is 0 Å². The number of hydrogen-bond acceptors (Lipinski definition) is 5. The standard InChI is InChI=1S/C21H30N4O2S/c1-4-22-21(23-12-5-6-13-28-3)25-16-17-10-11-20(24-15-17)27-19-9-7-8-18(14-19)26-2/h7-11,14-15H,4-6,12-13,16H2,1-3H3,(H2,22,23,25). The monoisotopic (exact) mass is 402 g/mol. The van der Waals surface area contributed by atoms with Gasteiger partial charge < -0.3 is 20.1 Å². The molecule has 7 heteroatoms. The lowest BCUT2D eigenvalue weighted by Crippen LogP contribution is -2.37. The number of aliphatic imine (C=N–C) groups is 1. The smallest absolute Gasteiger partial charge is 0.219 e. The molecule has 0 spiro atoms. The molecular formula is C21H30N4O2S. The van der Waals surface area contributed by atoms with Crippen molar-refractivity contribution < 1.29 is 9.47 Å². The molecule has 0 atom stereocenters. The first-order valence-electron chi connectivity index (χ1n) is 9.53. The Labute approximate surface area is 172 Å². The predicted molar refractivity (Wildman–Crippen MR) is 118 cm³/mol. The second-order valence-electron chi connectivity index (χ2n) is 6.11. The number of nitrogens with zero attached hydrogens (tertiary/aromatic N) is 2. The molecule has 152 valence electrons. The first-order valence-corrected chi connectivity index (χ1v) is 10.9. The third-order valence-electron chi connectivity index (χ3n) is 3.89. The average Bonchev–Trinajstić information content (AvgIpc) is 2.73. The zero-order chi connectivity index (χ0) is 20.0. The maximum Gasteiger partial charge on any atom is 0.219 e. The lowest BCUT2D eigenvalue weighted by Gasteiger charge is -2.11. The SMILES string of the molecule is CCNC(=NCc1ccc(Oc2cccc(OC)c2)nc1)NCCCCSC. The number of benzene rings is 1. The number of nitrogens with one attached hydrogen (secondary N) is 2. The molecule has 0 amide bonds. The normalized spacial score (nSPS) is 11.2. The Bertz CT molecular complexity index is 723. The molecule has 6 nitrogen and oxygen atoms in total. The van der Waals surface area contributed by atoms with Gasteiger partial charge in [0.2, 0.25) is 5.88 Å². The molecule has 2 N–H and O–H groups in total. The van der Waals surface area contributed by atoms with E-state index in [1.54, 1.807) is 13.3 Å². The summed E-state index contributed by atoms with van der Waals surface area (Å²) in [6, 6.07) is 11.3. The largest absolute Gasteiger partial charge is 0.497 e. The molecule has 0 radical (unpaired) electrons. The van der Waals surface area contributed by atoms with Gasteiger partial charge >= 0.3 is 0 Å². The van der Waals surface area contributed by atoms with Crippen molar-refractivity contribution in [3.8, 4) is 17.4 Å². The summed E-state index contributed by atoms with van der Waals surface area (Å²) in [7, 11) is 1.63. The summed E-state index contributed by atoms with van der Waals surface area (Å²) >= 11 is 1.88. The highest BCUT2D eigenvalue weighted by molar-refractivity contribution is 7.98. The third kappa shape index (κ3) is 8.08. The quantitative estimate of drug-likeness (QED) is 0.335. The minimum Gasteiger partial charge on any atom is -0.497 e. The van der Waals surface area contributed by atoms with Crippen molar-refractivity contribution in [2.75, 3.05) is 32.2 Å². The maximum absolute atomic E-state index is 5.77. The Morgan fingerprint density at radius 1 is 1.14 bits per heavy atom. The summed E-state index contributed by atoms with van der Waals surface area (Å²) in [5.41, 5.74) is 1.03. The van der Waals surface area contributed by atoms with Crippen LogP contribution in [0.2, 0.25) is 0 Å². The van der Waals surface area contributed by atoms with Gasteiger partial charge in [0.25, 0.3) is 0 Å². The molecule has 0 aliphatic heterocycles. The van der Waals surface area contributed by atoms with Crippen LogP contribution in [0.4, 0.5) is 0 Å². The number of ether oxygens (including phenoxy) is 2. The fraction of sp³-hybridized carbons (Fsp3) is 0.429. The van der Waals surface area contributed by atoms with Crippen molar-refractivity contribution in [2.45, 2.75) is 26.3 Å². The van der Waals surface area contributed by atoms with Crippen LogP contribution in [0.25, 0.3) is 0 Å². The highest BCUT2D eigenvalue weighted by atomic mass is 32.2. The number of guanidine groups is 1. The van der Waals surface area contributed by atoms with Crippen LogP contribution in [0.5, 0.6) is 17.4 Å². The zero-order valence-electron chi connectivity index (χ0n) is 16.9. The van der Waals surface area contributed by atoms with Gasteiger partial charge in [-0.05, 0) is 49.5 Å². The molecule has 0 bridgehead atoms. The van der Waals surface area contributed by atoms with Gasteiger partial charge in [0.15, 0.2) is 5.96 Å². The maximum atomic E-state index is 5.77. The molecule has 2 rings (SSSR count). The third-order valence-corrected chi connectivity index (χ3v) is 4.59. The summed E-state index contributed by atoms with van der Waals surface area (Å²) in [6.45, 7) is 4.39. The summed E-state index contributed by atoms with van der Waals surface area (Å²) in [5.74, 6) is 4.02. The minimum atomic E-state index is 0.541. The average molecular weight is 403 g/mol. The zero-order valence-corrected chi connectivity index (χ0v) is 17.7. The number of pyridine rings is 1. The van der Waals surface area contributed by atoms with E-state index in [9.17, 15) is 0 Å². The molecule has 1 heterocycles. The Morgan fingerprint density at radius 2 is 2.00 bits per heavy atom. The Balaban J connectivity index is 1.87. The molecule has 1 aromatic carbocycles. The van der Waals surface area contributed by atoms with E-state index in [0.717, 1.165) is 36.8 Å². The molecule has 0 aliphatic carbocycles. The van der Waals surface area contributed by atoms with Crippen LogP contribution in [0.1, 0.15) is 25.3 Å². The predicted octanol–water partition coefficient (Wildman–Crippen LogP) is 4.08. The van der Waals surface area contributed by atoms with E-state index in [1.807, 2.05) is 48.2 Å². The van der Waals surface area contributed by atoms with Gasteiger partial charge in [-0.15, -0.1) is 0 Å². The van der Waals surface area contributed by atoms with E-state index in [1.165, 1.54) is 12.2 Å². The Kier molecular flexibility index (Phi) is 10.1. The van der Waals surface area contributed by atoms with Crippen LogP contribution < -0.4 is 20.1 Å². The van der Waals surface area contributed by atoms with Gasteiger partial charge in [0.05, 0.1) is 13.7 Å². The fourth-order valence-electron chi connectivity index (χ4n) is 2.44. The molecule has 0 fully saturated rings. The lowest BCUT2D eigenvalue weighted by atomic mass is 10.3. The topological polar surface area (TPSA) is 67.8 Å². The number of aromatic nitrogens is 1. The van der Waals surface area contributed by atoms with E-state index < -0.39 is 0 Å². The van der Waals surface area contributed by atoms with Crippen LogP contribution in [0, 0.1) is 0 Å². The molecule has 0 saturated heterocycles. The number of thioether (sulfide) groups is 1. The van der Waals surface area contributed by atoms with E-state index in [0.29, 0.717) is 18.2 Å². The molecule has 28 heavy (non-hydrogen) atoms. The van der Waals surface area contributed by atoms with E-state index in [2.05, 4.69) is 33.8 Å². The van der Waals surface area contributed by atoms with Crippen LogP contribution in [-0.4, -0.2) is 43.2 Å². The molecule has 1 aromatic heterocycles. The second kappa shape index (κ2) is 12.9. The van der Waals surface area contributed by atoms with Crippen LogP contribution in [0.3, 0.4) is 0 Å². The van der Waals surface area contributed by atoms with Crippen molar-refractivity contribution in [3.05, 3.63) is 48.2 Å². The Morgan fingerprint density at radius 3 is 2.71 bits per heavy atom. The van der Waals surface area contributed by atoms with Gasteiger partial charge in [-0.25, -0.2) is 9.98 Å². The lowest BCUT2D eigenvalue weighted by molar-refractivity contribution is 0.407. The number of unbranched alkanes of at least 4 members (excludes halogenated alkanes) is 1. The van der Waals surface area contributed by atoms with Crippen molar-refractivity contribution in [2.24, 2.45) is 4.99 Å². The molecular weight excluding hydrogens is 372 g/mol. The van der Waals surface area contributed by atoms with Crippen molar-refractivity contribution >= 4 is 17.7 Å². The van der Waals surface area contributed by atoms with Gasteiger partial charge in [0, 0.05) is 31.4 Å². The first kappa shape index (κ1) is 21.9. The van der Waals surface area contributed by atoms with Gasteiger partial charge in [-0.1, -0.05) is 12.1 Å². The summed E-state index contributed by atoms with van der Waals surface area (Å²) in [6.07, 6.45) is 6.29. The van der Waals surface area contributed by atoms with Crippen molar-refractivity contribution in [1.29, 1.82) is 0 Å². The van der Waals surface area contributed by atoms with Gasteiger partial charge in [0.1, 0.15) is 11.5 Å². The number of hydrogen-bond donors (Lipinski definition) is 2. The molecule has 0 unspecified atom stereocenters. The summed E-state index contributed by atoms with van der Waals surface area (Å²) in [4.78, 5) is 9.00. The highest BCUT2D eigenvalue weighted by Gasteiger charge is 2.02. The highest BCUT2D eigenvalue weighted by Crippen LogP contribution is 2.23.